The van der Waals surface area contributed by atoms with E-state index in [1.165, 1.54) is 4.90 Å². The third-order valence-electron chi connectivity index (χ3n) is 6.21. The molecule has 0 radical (unpaired) electrons. The van der Waals surface area contributed by atoms with E-state index in [4.69, 9.17) is 21.7 Å². The van der Waals surface area contributed by atoms with Gasteiger partial charge in [-0.2, -0.15) is 0 Å². The van der Waals surface area contributed by atoms with Gasteiger partial charge in [0.1, 0.15) is 23.8 Å². The predicted molar refractivity (Wildman–Crippen MR) is 152 cm³/mol. The summed E-state index contributed by atoms with van der Waals surface area (Å²) in [5, 5.41) is 3.42. The number of hydrogen-bond acceptors (Lipinski definition) is 4. The van der Waals surface area contributed by atoms with Crippen molar-refractivity contribution < 1.29 is 14.3 Å². The molecule has 4 aromatic carbocycles. The predicted octanol–water partition coefficient (Wildman–Crippen LogP) is 6.51. The van der Waals surface area contributed by atoms with E-state index in [-0.39, 0.29) is 5.91 Å². The van der Waals surface area contributed by atoms with Crippen molar-refractivity contribution in [2.75, 3.05) is 12.0 Å². The zero-order valence-corrected chi connectivity index (χ0v) is 21.4. The van der Waals surface area contributed by atoms with Gasteiger partial charge in [0.15, 0.2) is 5.11 Å². The largest absolute Gasteiger partial charge is 0.496 e. The van der Waals surface area contributed by atoms with Gasteiger partial charge in [0.2, 0.25) is 0 Å². The Labute approximate surface area is 222 Å². The highest BCUT2D eigenvalue weighted by molar-refractivity contribution is 7.80. The molecule has 184 valence electrons. The number of nitrogens with zero attached hydrogens (tertiary/aromatic N) is 1. The molecule has 1 saturated heterocycles. The van der Waals surface area contributed by atoms with Crippen LogP contribution >= 0.6 is 12.2 Å². The minimum Gasteiger partial charge on any atom is -0.496 e. The number of hydrogen-bond donors (Lipinski definition) is 1. The SMILES string of the molecule is COc1ccc(/C=C2/NC(=S)N(c3ccccc3C)C2=O)cc1COc1ccc(-c2ccccc2)cc1. The molecule has 1 N–H and O–H groups in total. The van der Waals surface area contributed by atoms with Crippen LogP contribution in [0.2, 0.25) is 0 Å². The van der Waals surface area contributed by atoms with Crippen LogP contribution in [-0.4, -0.2) is 18.1 Å². The van der Waals surface area contributed by atoms with Crippen LogP contribution in [0.5, 0.6) is 11.5 Å². The third-order valence-corrected chi connectivity index (χ3v) is 6.49. The summed E-state index contributed by atoms with van der Waals surface area (Å²) in [5.74, 6) is 1.29. The molecule has 0 aliphatic carbocycles. The van der Waals surface area contributed by atoms with Gasteiger partial charge < -0.3 is 14.8 Å². The summed E-state index contributed by atoms with van der Waals surface area (Å²) in [6.45, 7) is 2.28. The molecule has 37 heavy (non-hydrogen) atoms. The van der Waals surface area contributed by atoms with E-state index >= 15 is 0 Å². The fraction of sp³-hybridized carbons (Fsp3) is 0.0968. The standard InChI is InChI=1S/C31H26N2O3S/c1-21-8-6-7-11-28(21)33-30(34)27(32-31(33)37)19-22-12-17-29(35-2)25(18-22)20-36-26-15-13-24(14-16-26)23-9-4-3-5-10-23/h3-19H,20H2,1-2H3,(H,32,37)/b27-19+. The maximum Gasteiger partial charge on any atom is 0.281 e. The second kappa shape index (κ2) is 10.7. The van der Waals surface area contributed by atoms with Crippen molar-refractivity contribution in [2.45, 2.75) is 13.5 Å². The molecule has 0 spiro atoms. The van der Waals surface area contributed by atoms with E-state index < -0.39 is 0 Å². The van der Waals surface area contributed by atoms with Crippen molar-refractivity contribution >= 4 is 35.0 Å². The first-order valence-corrected chi connectivity index (χ1v) is 12.3. The molecular formula is C31H26N2O3S. The lowest BCUT2D eigenvalue weighted by Crippen LogP contribution is -2.30. The highest BCUT2D eigenvalue weighted by Crippen LogP contribution is 2.28. The monoisotopic (exact) mass is 506 g/mol. The second-order valence-corrected chi connectivity index (χ2v) is 9.05. The highest BCUT2D eigenvalue weighted by Gasteiger charge is 2.32. The maximum atomic E-state index is 13.2. The molecule has 1 aliphatic heterocycles. The van der Waals surface area contributed by atoms with Crippen molar-refractivity contribution in [3.05, 3.63) is 119 Å². The number of anilines is 1. The zero-order valence-electron chi connectivity index (χ0n) is 20.6. The first-order valence-electron chi connectivity index (χ1n) is 11.9. The van der Waals surface area contributed by atoms with E-state index in [0.717, 1.165) is 39.3 Å². The Bertz CT molecular complexity index is 1480. The summed E-state index contributed by atoms with van der Waals surface area (Å²) < 4.78 is 11.6. The molecule has 1 amide bonds. The fourth-order valence-corrected chi connectivity index (χ4v) is 4.56. The van der Waals surface area contributed by atoms with Crippen LogP contribution in [0.4, 0.5) is 5.69 Å². The van der Waals surface area contributed by atoms with Crippen molar-refractivity contribution in [1.29, 1.82) is 0 Å². The minimum absolute atomic E-state index is 0.188. The van der Waals surface area contributed by atoms with Gasteiger partial charge in [0.25, 0.3) is 5.91 Å². The van der Waals surface area contributed by atoms with Crippen LogP contribution in [0.25, 0.3) is 17.2 Å². The van der Waals surface area contributed by atoms with Gasteiger partial charge in [-0.3, -0.25) is 9.69 Å². The molecule has 5 nitrogen and oxygen atoms in total. The summed E-state index contributed by atoms with van der Waals surface area (Å²) in [6.07, 6.45) is 1.80. The van der Waals surface area contributed by atoms with E-state index in [9.17, 15) is 4.79 Å². The molecule has 0 atom stereocenters. The number of aryl methyl sites for hydroxylation is 1. The zero-order chi connectivity index (χ0) is 25.8. The quantitative estimate of drug-likeness (QED) is 0.229. The Morgan fingerprint density at radius 2 is 1.59 bits per heavy atom. The summed E-state index contributed by atoms with van der Waals surface area (Å²) in [6, 6.07) is 31.6. The first-order chi connectivity index (χ1) is 18.0. The molecule has 5 rings (SSSR count). The number of amides is 1. The molecular weight excluding hydrogens is 480 g/mol. The summed E-state index contributed by atoms with van der Waals surface area (Å²) in [7, 11) is 1.63. The number of carbonyl (C=O) groups is 1. The van der Waals surface area contributed by atoms with E-state index in [1.54, 1.807) is 13.2 Å². The van der Waals surface area contributed by atoms with Gasteiger partial charge in [-0.15, -0.1) is 0 Å². The topological polar surface area (TPSA) is 50.8 Å². The number of carbonyl (C=O) groups excluding carboxylic acids is 1. The van der Waals surface area contributed by atoms with Crippen LogP contribution in [-0.2, 0) is 11.4 Å². The number of ether oxygens (including phenoxy) is 2. The number of para-hydroxylation sites is 1. The van der Waals surface area contributed by atoms with Crippen LogP contribution < -0.4 is 19.7 Å². The van der Waals surface area contributed by atoms with Gasteiger partial charge in [0, 0.05) is 5.56 Å². The van der Waals surface area contributed by atoms with Crippen LogP contribution in [0.3, 0.4) is 0 Å². The molecule has 1 aliphatic rings. The Morgan fingerprint density at radius 1 is 0.892 bits per heavy atom. The smallest absolute Gasteiger partial charge is 0.281 e. The summed E-state index contributed by atoms with van der Waals surface area (Å²) in [5.41, 5.74) is 6.16. The fourth-order valence-electron chi connectivity index (χ4n) is 4.27. The van der Waals surface area contributed by atoms with E-state index in [2.05, 4.69) is 17.4 Å². The van der Waals surface area contributed by atoms with Gasteiger partial charge in [-0.05, 0) is 77.8 Å². The molecule has 0 unspecified atom stereocenters. The van der Waals surface area contributed by atoms with Gasteiger partial charge in [-0.1, -0.05) is 66.7 Å². The normalized spacial score (nSPS) is 14.1. The number of methoxy groups -OCH3 is 1. The maximum absolute atomic E-state index is 13.2. The molecule has 0 aromatic heterocycles. The third kappa shape index (κ3) is 5.25. The molecule has 0 saturated carbocycles. The number of thiocarbonyl (C=S) groups is 1. The Morgan fingerprint density at radius 3 is 2.32 bits per heavy atom. The number of nitrogens with one attached hydrogen (secondary N) is 1. The molecule has 6 heteroatoms. The lowest BCUT2D eigenvalue weighted by atomic mass is 10.1. The van der Waals surface area contributed by atoms with Crippen molar-refractivity contribution in [3.63, 3.8) is 0 Å². The average molecular weight is 507 g/mol. The second-order valence-electron chi connectivity index (χ2n) is 8.67. The average Bonchev–Trinajstić information content (AvgIpc) is 3.20. The van der Waals surface area contributed by atoms with Gasteiger partial charge >= 0.3 is 0 Å². The molecule has 4 aromatic rings. The van der Waals surface area contributed by atoms with Crippen molar-refractivity contribution in [1.82, 2.24) is 5.32 Å². The minimum atomic E-state index is -0.188. The number of benzene rings is 4. The lowest BCUT2D eigenvalue weighted by Gasteiger charge is -2.16. The molecule has 1 fully saturated rings. The Hall–Kier alpha value is -4.42. The van der Waals surface area contributed by atoms with Crippen molar-refractivity contribution in [2.24, 2.45) is 0 Å². The van der Waals surface area contributed by atoms with E-state index in [0.29, 0.717) is 23.2 Å². The van der Waals surface area contributed by atoms with Gasteiger partial charge in [-0.25, -0.2) is 0 Å². The Kier molecular flexibility index (Phi) is 7.01. The first kappa shape index (κ1) is 24.3. The lowest BCUT2D eigenvalue weighted by molar-refractivity contribution is -0.113. The summed E-state index contributed by atoms with van der Waals surface area (Å²) >= 11 is 5.47. The number of rotatable bonds is 7. The Balaban J connectivity index is 1.33. The van der Waals surface area contributed by atoms with Crippen LogP contribution in [0.15, 0.2) is 103 Å². The van der Waals surface area contributed by atoms with E-state index in [1.807, 2.05) is 91.9 Å². The van der Waals surface area contributed by atoms with Crippen LogP contribution in [0, 0.1) is 6.92 Å². The van der Waals surface area contributed by atoms with Crippen molar-refractivity contribution in [3.8, 4) is 22.6 Å². The molecule has 1 heterocycles. The van der Waals surface area contributed by atoms with Gasteiger partial charge in [0.05, 0.1) is 12.8 Å². The molecule has 0 bridgehead atoms. The van der Waals surface area contributed by atoms with Crippen LogP contribution in [0.1, 0.15) is 16.7 Å². The summed E-state index contributed by atoms with van der Waals surface area (Å²) in [4.78, 5) is 14.7. The highest BCUT2D eigenvalue weighted by atomic mass is 32.1.